The van der Waals surface area contributed by atoms with Crippen molar-refractivity contribution in [2.24, 2.45) is 0 Å². The summed E-state index contributed by atoms with van der Waals surface area (Å²) in [5, 5.41) is 2.59. The van der Waals surface area contributed by atoms with Crippen LogP contribution < -0.4 is 5.32 Å². The van der Waals surface area contributed by atoms with Gasteiger partial charge in [-0.05, 0) is 39.7 Å². The van der Waals surface area contributed by atoms with Crippen LogP contribution in [0.2, 0.25) is 0 Å². The minimum Gasteiger partial charge on any atom is -0.444 e. The van der Waals surface area contributed by atoms with E-state index in [9.17, 15) is 13.6 Å². The van der Waals surface area contributed by atoms with E-state index in [2.05, 4.69) is 10.3 Å². The Morgan fingerprint density at radius 1 is 1.25 bits per heavy atom. The number of amides is 1. The van der Waals surface area contributed by atoms with Crippen molar-refractivity contribution in [3.8, 4) is 0 Å². The second-order valence-electron chi connectivity index (χ2n) is 7.47. The zero-order chi connectivity index (χ0) is 17.6. The van der Waals surface area contributed by atoms with Crippen LogP contribution in [0.1, 0.15) is 57.7 Å². The Labute approximate surface area is 139 Å². The van der Waals surface area contributed by atoms with Crippen molar-refractivity contribution < 1.29 is 23.0 Å². The average Bonchev–Trinajstić information content (AvgIpc) is 2.79. The lowest BCUT2D eigenvalue weighted by Crippen LogP contribution is -2.37. The predicted octanol–water partition coefficient (Wildman–Crippen LogP) is 4.36. The molecule has 132 valence electrons. The molecule has 0 atom stereocenters. The van der Waals surface area contributed by atoms with Crippen LogP contribution in [0.25, 0.3) is 0 Å². The molecule has 1 saturated carbocycles. The quantitative estimate of drug-likeness (QED) is 0.825. The number of halogens is 2. The van der Waals surface area contributed by atoms with Gasteiger partial charge in [0, 0.05) is 18.4 Å². The van der Waals surface area contributed by atoms with E-state index in [4.69, 9.17) is 9.47 Å². The number of alkyl halides is 2. The number of rotatable bonds is 1. The molecule has 0 radical (unpaired) electrons. The van der Waals surface area contributed by atoms with E-state index in [0.717, 1.165) is 5.56 Å². The van der Waals surface area contributed by atoms with E-state index in [1.54, 1.807) is 26.8 Å². The molecule has 1 aliphatic carbocycles. The van der Waals surface area contributed by atoms with Gasteiger partial charge in [-0.15, -0.1) is 0 Å². The van der Waals surface area contributed by atoms with Gasteiger partial charge in [0.05, 0.1) is 12.3 Å². The maximum absolute atomic E-state index is 13.5. The Morgan fingerprint density at radius 3 is 2.54 bits per heavy atom. The van der Waals surface area contributed by atoms with Gasteiger partial charge in [0.15, 0.2) is 0 Å². The Morgan fingerprint density at radius 2 is 1.92 bits per heavy atom. The number of aromatic nitrogens is 1. The van der Waals surface area contributed by atoms with Crippen LogP contribution >= 0.6 is 0 Å². The summed E-state index contributed by atoms with van der Waals surface area (Å²) in [6, 6.07) is 3.49. The normalized spacial score (nSPS) is 21.4. The van der Waals surface area contributed by atoms with Gasteiger partial charge in [-0.1, -0.05) is 6.07 Å². The maximum Gasteiger partial charge on any atom is 0.413 e. The van der Waals surface area contributed by atoms with Crippen molar-refractivity contribution in [3.05, 3.63) is 23.4 Å². The molecule has 3 rings (SSSR count). The Bertz CT molecular complexity index is 646. The van der Waals surface area contributed by atoms with Crippen LogP contribution in [0.15, 0.2) is 12.1 Å². The third-order valence-corrected chi connectivity index (χ3v) is 4.33. The molecule has 2 aliphatic rings. The lowest BCUT2D eigenvalue weighted by Gasteiger charge is -2.36. The molecule has 1 N–H and O–H groups in total. The standard InChI is InChI=1S/C17H22F2N2O3/c1-15(2,3)24-14(22)21-12-5-4-11-10-23-16(13(11)20-12)6-8-17(18,19)9-7-16/h4-5H,6-10H2,1-3H3,(H,20,21,22). The first-order valence-corrected chi connectivity index (χ1v) is 8.11. The van der Waals surface area contributed by atoms with E-state index < -0.39 is 23.2 Å². The van der Waals surface area contributed by atoms with Crippen LogP contribution in [-0.2, 0) is 21.7 Å². The van der Waals surface area contributed by atoms with Crippen molar-refractivity contribution in [3.63, 3.8) is 0 Å². The van der Waals surface area contributed by atoms with Gasteiger partial charge in [-0.2, -0.15) is 0 Å². The van der Waals surface area contributed by atoms with Crippen LogP contribution in [0.5, 0.6) is 0 Å². The van der Waals surface area contributed by atoms with E-state index in [1.165, 1.54) is 0 Å². The Balaban J connectivity index is 1.78. The summed E-state index contributed by atoms with van der Waals surface area (Å²) in [6.07, 6.45) is -0.556. The third kappa shape index (κ3) is 3.50. The van der Waals surface area contributed by atoms with Gasteiger partial charge < -0.3 is 9.47 Å². The molecular formula is C17H22F2N2O3. The molecule has 1 aromatic rings. The summed E-state index contributed by atoms with van der Waals surface area (Å²) < 4.78 is 38.0. The average molecular weight is 340 g/mol. The molecule has 1 spiro atoms. The smallest absolute Gasteiger partial charge is 0.413 e. The Kier molecular flexibility index (Phi) is 4.02. The largest absolute Gasteiger partial charge is 0.444 e. The minimum atomic E-state index is -2.64. The van der Waals surface area contributed by atoms with Crippen LogP contribution in [0, 0.1) is 0 Å². The highest BCUT2D eigenvalue weighted by atomic mass is 19.3. The zero-order valence-electron chi connectivity index (χ0n) is 14.1. The molecule has 0 aromatic carbocycles. The van der Waals surface area contributed by atoms with E-state index >= 15 is 0 Å². The number of nitrogens with zero attached hydrogens (tertiary/aromatic N) is 1. The number of carbonyl (C=O) groups excluding carboxylic acids is 1. The SMILES string of the molecule is CC(C)(C)OC(=O)Nc1ccc2c(n1)C1(CCC(F)(F)CC1)OC2. The molecular weight excluding hydrogens is 318 g/mol. The molecule has 7 heteroatoms. The summed E-state index contributed by atoms with van der Waals surface area (Å²) in [4.78, 5) is 16.3. The highest BCUT2D eigenvalue weighted by Crippen LogP contribution is 2.50. The summed E-state index contributed by atoms with van der Waals surface area (Å²) >= 11 is 0. The van der Waals surface area contributed by atoms with Crippen molar-refractivity contribution in [1.29, 1.82) is 0 Å². The molecule has 0 bridgehead atoms. The number of carbonyl (C=O) groups is 1. The second-order valence-corrected chi connectivity index (χ2v) is 7.47. The third-order valence-electron chi connectivity index (χ3n) is 4.33. The van der Waals surface area contributed by atoms with Crippen LogP contribution in [-0.4, -0.2) is 22.6 Å². The fourth-order valence-electron chi connectivity index (χ4n) is 3.16. The van der Waals surface area contributed by atoms with Crippen LogP contribution in [0.3, 0.4) is 0 Å². The highest BCUT2D eigenvalue weighted by molar-refractivity contribution is 5.83. The molecule has 0 saturated heterocycles. The number of hydrogen-bond acceptors (Lipinski definition) is 4. The van der Waals surface area contributed by atoms with E-state index in [-0.39, 0.29) is 25.7 Å². The summed E-state index contributed by atoms with van der Waals surface area (Å²) in [5.74, 6) is -2.30. The molecule has 1 amide bonds. The van der Waals surface area contributed by atoms with E-state index in [1.807, 2.05) is 6.07 Å². The monoisotopic (exact) mass is 340 g/mol. The Hall–Kier alpha value is -1.76. The van der Waals surface area contributed by atoms with Crippen LogP contribution in [0.4, 0.5) is 19.4 Å². The second kappa shape index (κ2) is 5.65. The summed E-state index contributed by atoms with van der Waals surface area (Å²) in [7, 11) is 0. The number of pyridine rings is 1. The minimum absolute atomic E-state index is 0.210. The van der Waals surface area contributed by atoms with Gasteiger partial charge in [0.25, 0.3) is 0 Å². The molecule has 1 fully saturated rings. The highest BCUT2D eigenvalue weighted by Gasteiger charge is 2.49. The molecule has 1 aromatic heterocycles. The summed E-state index contributed by atoms with van der Waals surface area (Å²) in [6.45, 7) is 5.68. The number of ether oxygens (including phenoxy) is 2. The van der Waals surface area contributed by atoms with Crippen molar-refractivity contribution in [2.75, 3.05) is 5.32 Å². The number of fused-ring (bicyclic) bond motifs is 2. The van der Waals surface area contributed by atoms with Gasteiger partial charge in [-0.25, -0.2) is 18.6 Å². The summed E-state index contributed by atoms with van der Waals surface area (Å²) in [5.41, 5.74) is 0.171. The predicted molar refractivity (Wildman–Crippen MR) is 84.0 cm³/mol. The molecule has 1 aliphatic heterocycles. The maximum atomic E-state index is 13.5. The van der Waals surface area contributed by atoms with Gasteiger partial charge in [0.1, 0.15) is 17.0 Å². The first kappa shape index (κ1) is 17.1. The zero-order valence-corrected chi connectivity index (χ0v) is 14.1. The van der Waals surface area contributed by atoms with E-state index in [0.29, 0.717) is 18.1 Å². The van der Waals surface area contributed by atoms with Gasteiger partial charge in [-0.3, -0.25) is 5.32 Å². The fraction of sp³-hybridized carbons (Fsp3) is 0.647. The lowest BCUT2D eigenvalue weighted by atomic mass is 9.80. The fourth-order valence-corrected chi connectivity index (χ4v) is 3.16. The van der Waals surface area contributed by atoms with Crippen molar-refractivity contribution >= 4 is 11.9 Å². The molecule has 5 nitrogen and oxygen atoms in total. The number of hydrogen-bond donors (Lipinski definition) is 1. The van der Waals surface area contributed by atoms with Gasteiger partial charge >= 0.3 is 6.09 Å². The van der Waals surface area contributed by atoms with Crippen molar-refractivity contribution in [1.82, 2.24) is 4.98 Å². The number of nitrogens with one attached hydrogen (secondary N) is 1. The topological polar surface area (TPSA) is 60.5 Å². The van der Waals surface area contributed by atoms with Crippen molar-refractivity contribution in [2.45, 2.75) is 70.2 Å². The number of anilines is 1. The van der Waals surface area contributed by atoms with Gasteiger partial charge in [0.2, 0.25) is 5.92 Å². The molecule has 24 heavy (non-hydrogen) atoms. The first-order valence-electron chi connectivity index (χ1n) is 8.11. The first-order chi connectivity index (χ1) is 11.1. The molecule has 0 unspecified atom stereocenters. The molecule has 2 heterocycles. The lowest BCUT2D eigenvalue weighted by molar-refractivity contribution is -0.132.